The van der Waals surface area contributed by atoms with Crippen molar-refractivity contribution in [2.75, 3.05) is 31.2 Å². The number of rotatable bonds is 1. The highest BCUT2D eigenvalue weighted by molar-refractivity contribution is 5.35. The number of piperidine rings is 1. The molecule has 0 radical (unpaired) electrons. The molecule has 0 bridgehead atoms. The van der Waals surface area contributed by atoms with Crippen LogP contribution < -0.4 is 4.90 Å². The zero-order valence-corrected chi connectivity index (χ0v) is 9.43. The Hall–Kier alpha value is -1.16. The van der Waals surface area contributed by atoms with Crippen molar-refractivity contribution >= 4 is 5.82 Å². The molecule has 16 heavy (non-hydrogen) atoms. The molecule has 0 unspecified atom stereocenters. The molecule has 0 amide bonds. The third-order valence-electron chi connectivity index (χ3n) is 3.88. The van der Waals surface area contributed by atoms with Crippen LogP contribution in [0.15, 0.2) is 18.6 Å². The Morgan fingerprint density at radius 1 is 1.19 bits per heavy atom. The van der Waals surface area contributed by atoms with E-state index in [-0.39, 0.29) is 0 Å². The summed E-state index contributed by atoms with van der Waals surface area (Å²) in [7, 11) is 0. The van der Waals surface area contributed by atoms with Crippen LogP contribution in [0.2, 0.25) is 0 Å². The first-order valence-electron chi connectivity index (χ1n) is 5.97. The first kappa shape index (κ1) is 10.0. The number of hydrogen-bond acceptors (Lipinski definition) is 4. The zero-order chi connectivity index (χ0) is 10.8. The molecule has 0 atom stereocenters. The number of nitrogens with zero attached hydrogens (tertiary/aromatic N) is 3. The van der Waals surface area contributed by atoms with Gasteiger partial charge in [-0.25, -0.2) is 4.98 Å². The lowest BCUT2D eigenvalue weighted by molar-refractivity contribution is 0.133. The summed E-state index contributed by atoms with van der Waals surface area (Å²) in [6.07, 6.45) is 9.02. The number of hydrogen-bond donors (Lipinski definition) is 0. The van der Waals surface area contributed by atoms with Crippen molar-refractivity contribution in [3.63, 3.8) is 0 Å². The molecular weight excluding hydrogens is 202 g/mol. The highest BCUT2D eigenvalue weighted by Gasteiger charge is 2.38. The van der Waals surface area contributed by atoms with Crippen molar-refractivity contribution in [1.29, 1.82) is 0 Å². The van der Waals surface area contributed by atoms with E-state index < -0.39 is 0 Å². The average molecular weight is 219 g/mol. The molecule has 3 heterocycles. The Kier molecular flexibility index (Phi) is 2.52. The van der Waals surface area contributed by atoms with Crippen LogP contribution in [0.4, 0.5) is 5.82 Å². The van der Waals surface area contributed by atoms with Crippen molar-refractivity contribution in [2.45, 2.75) is 19.3 Å². The fourth-order valence-electron chi connectivity index (χ4n) is 2.71. The van der Waals surface area contributed by atoms with Crippen LogP contribution in [0.1, 0.15) is 19.3 Å². The summed E-state index contributed by atoms with van der Waals surface area (Å²) < 4.78 is 5.53. The van der Waals surface area contributed by atoms with Gasteiger partial charge in [-0.2, -0.15) is 0 Å². The minimum atomic E-state index is 0.471. The molecule has 2 saturated heterocycles. The molecule has 0 aromatic carbocycles. The quantitative estimate of drug-likeness (QED) is 0.717. The summed E-state index contributed by atoms with van der Waals surface area (Å²) in [6, 6.07) is 0. The first-order valence-corrected chi connectivity index (χ1v) is 5.97. The van der Waals surface area contributed by atoms with Gasteiger partial charge in [-0.1, -0.05) is 0 Å². The van der Waals surface area contributed by atoms with E-state index in [1.807, 2.05) is 6.20 Å². The van der Waals surface area contributed by atoms with E-state index in [9.17, 15) is 0 Å². The maximum atomic E-state index is 5.53. The van der Waals surface area contributed by atoms with Crippen molar-refractivity contribution < 1.29 is 4.74 Å². The normalized spacial score (nSPS) is 23.9. The van der Waals surface area contributed by atoms with Gasteiger partial charge in [0.15, 0.2) is 0 Å². The molecular formula is C12H17N3O. The Morgan fingerprint density at radius 2 is 2.06 bits per heavy atom. The molecule has 0 saturated carbocycles. The van der Waals surface area contributed by atoms with E-state index in [0.29, 0.717) is 5.41 Å². The molecule has 1 spiro atoms. The van der Waals surface area contributed by atoms with Crippen molar-refractivity contribution in [3.05, 3.63) is 18.6 Å². The minimum Gasteiger partial charge on any atom is -0.381 e. The fourth-order valence-corrected chi connectivity index (χ4v) is 2.71. The SMILES string of the molecule is c1cnc(N2CCC3(CCOC3)CC2)cn1. The zero-order valence-electron chi connectivity index (χ0n) is 9.43. The van der Waals surface area contributed by atoms with Crippen LogP contribution in [-0.4, -0.2) is 36.3 Å². The number of ether oxygens (including phenoxy) is 1. The fraction of sp³-hybridized carbons (Fsp3) is 0.667. The summed E-state index contributed by atoms with van der Waals surface area (Å²) in [5, 5.41) is 0. The van der Waals surface area contributed by atoms with Gasteiger partial charge in [0.1, 0.15) is 5.82 Å². The molecule has 1 aromatic rings. The largest absolute Gasteiger partial charge is 0.381 e. The van der Waals surface area contributed by atoms with E-state index in [4.69, 9.17) is 4.74 Å². The van der Waals surface area contributed by atoms with Crippen LogP contribution in [-0.2, 0) is 4.74 Å². The van der Waals surface area contributed by atoms with Gasteiger partial charge in [0.05, 0.1) is 12.8 Å². The Labute approximate surface area is 95.7 Å². The summed E-state index contributed by atoms with van der Waals surface area (Å²) in [5.41, 5.74) is 0.471. The van der Waals surface area contributed by atoms with E-state index in [1.54, 1.807) is 12.4 Å². The highest BCUT2D eigenvalue weighted by Crippen LogP contribution is 2.39. The van der Waals surface area contributed by atoms with Gasteiger partial charge in [0.25, 0.3) is 0 Å². The maximum absolute atomic E-state index is 5.53. The van der Waals surface area contributed by atoms with Crippen molar-refractivity contribution in [1.82, 2.24) is 9.97 Å². The standard InChI is InChI=1S/C12H17N3O/c1-6-15(11-9-13-4-5-14-11)7-2-12(1)3-8-16-10-12/h4-5,9H,1-3,6-8,10H2. The summed E-state index contributed by atoms with van der Waals surface area (Å²) in [4.78, 5) is 10.8. The van der Waals surface area contributed by atoms with E-state index >= 15 is 0 Å². The van der Waals surface area contributed by atoms with Crippen LogP contribution >= 0.6 is 0 Å². The molecule has 0 N–H and O–H groups in total. The molecule has 3 rings (SSSR count). The van der Waals surface area contributed by atoms with Gasteiger partial charge >= 0.3 is 0 Å². The lowest BCUT2D eigenvalue weighted by atomic mass is 9.78. The monoisotopic (exact) mass is 219 g/mol. The van der Waals surface area contributed by atoms with Crippen LogP contribution in [0.3, 0.4) is 0 Å². The molecule has 1 aromatic heterocycles. The van der Waals surface area contributed by atoms with Gasteiger partial charge in [0, 0.05) is 32.1 Å². The topological polar surface area (TPSA) is 38.2 Å². The molecule has 0 aliphatic carbocycles. The Balaban J connectivity index is 1.66. The third kappa shape index (κ3) is 1.78. The van der Waals surface area contributed by atoms with Gasteiger partial charge in [-0.15, -0.1) is 0 Å². The third-order valence-corrected chi connectivity index (χ3v) is 3.88. The molecule has 4 nitrogen and oxygen atoms in total. The smallest absolute Gasteiger partial charge is 0.147 e. The minimum absolute atomic E-state index is 0.471. The molecule has 2 fully saturated rings. The van der Waals surface area contributed by atoms with E-state index in [0.717, 1.165) is 32.1 Å². The molecule has 2 aliphatic rings. The number of aromatic nitrogens is 2. The van der Waals surface area contributed by atoms with Crippen molar-refractivity contribution in [2.24, 2.45) is 5.41 Å². The molecule has 4 heteroatoms. The number of anilines is 1. The second-order valence-electron chi connectivity index (χ2n) is 4.85. The Bertz CT molecular complexity index is 339. The average Bonchev–Trinajstić information content (AvgIpc) is 2.80. The van der Waals surface area contributed by atoms with Crippen LogP contribution in [0.25, 0.3) is 0 Å². The maximum Gasteiger partial charge on any atom is 0.147 e. The lowest BCUT2D eigenvalue weighted by Gasteiger charge is -2.38. The predicted molar refractivity (Wildman–Crippen MR) is 61.3 cm³/mol. The second kappa shape index (κ2) is 4.01. The second-order valence-corrected chi connectivity index (χ2v) is 4.85. The summed E-state index contributed by atoms with van der Waals surface area (Å²) in [5.74, 6) is 1.01. The first-order chi connectivity index (χ1) is 7.88. The van der Waals surface area contributed by atoms with E-state index in [1.165, 1.54) is 19.3 Å². The van der Waals surface area contributed by atoms with Gasteiger partial charge in [-0.05, 0) is 24.7 Å². The molecule has 2 aliphatic heterocycles. The molecule has 86 valence electrons. The predicted octanol–water partition coefficient (Wildman–Crippen LogP) is 1.48. The summed E-state index contributed by atoms with van der Waals surface area (Å²) >= 11 is 0. The van der Waals surface area contributed by atoms with Crippen LogP contribution in [0.5, 0.6) is 0 Å². The summed E-state index contributed by atoms with van der Waals surface area (Å²) in [6.45, 7) is 4.08. The highest BCUT2D eigenvalue weighted by atomic mass is 16.5. The van der Waals surface area contributed by atoms with Crippen LogP contribution in [0, 0.1) is 5.41 Å². The van der Waals surface area contributed by atoms with Gasteiger partial charge < -0.3 is 9.64 Å². The van der Waals surface area contributed by atoms with Gasteiger partial charge in [-0.3, -0.25) is 4.98 Å². The van der Waals surface area contributed by atoms with E-state index in [2.05, 4.69) is 14.9 Å². The lowest BCUT2D eigenvalue weighted by Crippen LogP contribution is -2.40. The van der Waals surface area contributed by atoms with Crippen molar-refractivity contribution in [3.8, 4) is 0 Å². The van der Waals surface area contributed by atoms with Gasteiger partial charge in [0.2, 0.25) is 0 Å². The Morgan fingerprint density at radius 3 is 2.69 bits per heavy atom.